The van der Waals surface area contributed by atoms with E-state index in [0.717, 1.165) is 37.1 Å². The number of rotatable bonds is 8. The van der Waals surface area contributed by atoms with Gasteiger partial charge in [-0.1, -0.05) is 146 Å². The maximum Gasteiger partial charge on any atom is 0.0505 e. The Morgan fingerprint density at radius 1 is 0.309 bits per heavy atom. The van der Waals surface area contributed by atoms with Gasteiger partial charge >= 0.3 is 0 Å². The van der Waals surface area contributed by atoms with Gasteiger partial charge in [-0.15, -0.1) is 0 Å². The van der Waals surface area contributed by atoms with Gasteiger partial charge in [0.1, 0.15) is 0 Å². The topological polar surface area (TPSA) is 6.48 Å². The number of aryl methyl sites for hydroxylation is 2. The van der Waals surface area contributed by atoms with Crippen LogP contribution >= 0.6 is 0 Å². The zero-order valence-corrected chi connectivity index (χ0v) is 30.9. The first-order chi connectivity index (χ1) is 27.3. The molecule has 0 heterocycles. The molecule has 1 atom stereocenters. The van der Waals surface area contributed by atoms with Crippen molar-refractivity contribution in [3.63, 3.8) is 0 Å². The molecular weight excluding hydrogens is 665 g/mol. The molecule has 0 unspecified atom stereocenters. The van der Waals surface area contributed by atoms with Crippen molar-refractivity contribution in [1.82, 2.24) is 0 Å². The van der Waals surface area contributed by atoms with E-state index >= 15 is 0 Å². The smallest absolute Gasteiger partial charge is 0.0505 e. The summed E-state index contributed by atoms with van der Waals surface area (Å²) in [5.74, 6) is 0. The van der Waals surface area contributed by atoms with Crippen LogP contribution in [-0.2, 0) is 18.3 Å². The van der Waals surface area contributed by atoms with Gasteiger partial charge < -0.3 is 9.80 Å². The Labute approximate surface area is 324 Å². The SMILES string of the molecule is c1ccc(-c2ccccc2-c2ccc(N(c3ccccc3)c3cccc4c3[C@]3(CCc5cccc(N(c6ccccc6)c6ccccc6)c53)CC4)cc2)cc1. The zero-order valence-electron chi connectivity index (χ0n) is 30.9. The summed E-state index contributed by atoms with van der Waals surface area (Å²) < 4.78 is 0. The molecule has 264 valence electrons. The minimum absolute atomic E-state index is 0.124. The maximum absolute atomic E-state index is 2.51. The number of nitrogens with zero attached hydrogens (tertiary/aromatic N) is 2. The van der Waals surface area contributed by atoms with Crippen LogP contribution in [0.4, 0.5) is 34.1 Å². The Morgan fingerprint density at radius 2 is 0.673 bits per heavy atom. The van der Waals surface area contributed by atoms with E-state index in [4.69, 9.17) is 0 Å². The first kappa shape index (κ1) is 33.0. The Hall–Kier alpha value is -6.64. The van der Waals surface area contributed by atoms with Gasteiger partial charge in [-0.25, -0.2) is 0 Å². The number of para-hydroxylation sites is 3. The standard InChI is InChI=1S/C53H42N2/c1-5-17-39(18-6-1)47-27-13-14-28-48(47)40-31-33-46(34-32-40)55(45-25-11-4-12-26-45)50-30-16-20-42-36-38-53(52(42)50)37-35-41-19-15-29-49(51(41)53)54(43-21-7-2-8-22-43)44-23-9-3-10-24-44/h1-34H,35-38H2/t53-/m1/s1. The van der Waals surface area contributed by atoms with E-state index in [2.05, 4.69) is 216 Å². The van der Waals surface area contributed by atoms with Gasteiger partial charge in [-0.05, 0) is 131 Å². The first-order valence-electron chi connectivity index (χ1n) is 19.5. The molecule has 8 aromatic carbocycles. The zero-order chi connectivity index (χ0) is 36.6. The van der Waals surface area contributed by atoms with E-state index in [1.807, 2.05) is 0 Å². The average Bonchev–Trinajstić information content (AvgIpc) is 3.84. The lowest BCUT2D eigenvalue weighted by Crippen LogP contribution is -2.27. The largest absolute Gasteiger partial charge is 0.310 e. The molecule has 55 heavy (non-hydrogen) atoms. The molecule has 2 heteroatoms. The van der Waals surface area contributed by atoms with Gasteiger partial charge in [0.2, 0.25) is 0 Å². The number of fused-ring (bicyclic) bond motifs is 4. The van der Waals surface area contributed by atoms with Crippen LogP contribution in [0.3, 0.4) is 0 Å². The molecule has 0 fully saturated rings. The molecule has 0 radical (unpaired) electrons. The fourth-order valence-corrected chi connectivity index (χ4v) is 9.49. The highest BCUT2D eigenvalue weighted by atomic mass is 15.2. The summed E-state index contributed by atoms with van der Waals surface area (Å²) in [6.45, 7) is 0. The van der Waals surface area contributed by atoms with Gasteiger partial charge in [0.05, 0.1) is 11.4 Å². The Bertz CT molecular complexity index is 2540. The molecule has 0 saturated carbocycles. The van der Waals surface area contributed by atoms with Gasteiger partial charge in [0, 0.05) is 28.2 Å². The Balaban J connectivity index is 1.13. The summed E-state index contributed by atoms with van der Waals surface area (Å²) in [4.78, 5) is 4.99. The van der Waals surface area contributed by atoms with Crippen LogP contribution in [0.1, 0.15) is 35.1 Å². The van der Waals surface area contributed by atoms with Crippen molar-refractivity contribution in [1.29, 1.82) is 0 Å². The molecular formula is C53H42N2. The molecule has 1 spiro atoms. The summed E-state index contributed by atoms with van der Waals surface area (Å²) in [6, 6.07) is 75.4. The summed E-state index contributed by atoms with van der Waals surface area (Å²) in [6.07, 6.45) is 4.32. The summed E-state index contributed by atoms with van der Waals surface area (Å²) in [5.41, 5.74) is 17.9. The summed E-state index contributed by atoms with van der Waals surface area (Å²) >= 11 is 0. The van der Waals surface area contributed by atoms with Crippen LogP contribution in [-0.4, -0.2) is 0 Å². The highest BCUT2D eigenvalue weighted by molar-refractivity contribution is 5.88. The van der Waals surface area contributed by atoms with Gasteiger partial charge in [0.15, 0.2) is 0 Å². The lowest BCUT2D eigenvalue weighted by atomic mass is 9.74. The molecule has 0 aromatic heterocycles. The van der Waals surface area contributed by atoms with Gasteiger partial charge in [-0.3, -0.25) is 0 Å². The van der Waals surface area contributed by atoms with Crippen molar-refractivity contribution in [2.75, 3.05) is 9.80 Å². The predicted molar refractivity (Wildman–Crippen MR) is 231 cm³/mol. The second-order valence-corrected chi connectivity index (χ2v) is 14.8. The van der Waals surface area contributed by atoms with Crippen molar-refractivity contribution < 1.29 is 0 Å². The van der Waals surface area contributed by atoms with Crippen LogP contribution in [0.15, 0.2) is 206 Å². The second-order valence-electron chi connectivity index (χ2n) is 14.8. The molecule has 2 aliphatic carbocycles. The number of anilines is 6. The van der Waals surface area contributed by atoms with Crippen molar-refractivity contribution in [3.8, 4) is 22.3 Å². The minimum Gasteiger partial charge on any atom is -0.310 e. The maximum atomic E-state index is 2.51. The molecule has 0 saturated heterocycles. The molecule has 2 aliphatic rings. The summed E-state index contributed by atoms with van der Waals surface area (Å²) in [5, 5.41) is 0. The van der Waals surface area contributed by atoms with Crippen molar-refractivity contribution >= 4 is 34.1 Å². The highest BCUT2D eigenvalue weighted by Gasteiger charge is 2.49. The number of hydrogen-bond acceptors (Lipinski definition) is 2. The van der Waals surface area contributed by atoms with Crippen LogP contribution in [0.2, 0.25) is 0 Å². The molecule has 2 nitrogen and oxygen atoms in total. The summed E-state index contributed by atoms with van der Waals surface area (Å²) in [7, 11) is 0. The fraction of sp³-hybridized carbons (Fsp3) is 0.0943. The molecule has 0 N–H and O–H groups in total. The third kappa shape index (κ3) is 5.73. The minimum atomic E-state index is -0.124. The van der Waals surface area contributed by atoms with Gasteiger partial charge in [0.25, 0.3) is 0 Å². The van der Waals surface area contributed by atoms with Crippen molar-refractivity contribution in [3.05, 3.63) is 229 Å². The third-order valence-corrected chi connectivity index (χ3v) is 11.8. The molecule has 0 bridgehead atoms. The molecule has 0 amide bonds. The second kappa shape index (κ2) is 14.0. The van der Waals surface area contributed by atoms with E-state index in [0.29, 0.717) is 0 Å². The van der Waals surface area contributed by atoms with E-state index in [1.54, 1.807) is 0 Å². The predicted octanol–water partition coefficient (Wildman–Crippen LogP) is 14.1. The Kier molecular flexibility index (Phi) is 8.37. The molecule has 0 aliphatic heterocycles. The lowest BCUT2D eigenvalue weighted by Gasteiger charge is -2.37. The normalized spacial score (nSPS) is 15.4. The Morgan fingerprint density at radius 3 is 1.11 bits per heavy atom. The van der Waals surface area contributed by atoms with Gasteiger partial charge in [-0.2, -0.15) is 0 Å². The van der Waals surface area contributed by atoms with Crippen LogP contribution in [0, 0.1) is 0 Å². The fourth-order valence-electron chi connectivity index (χ4n) is 9.49. The van der Waals surface area contributed by atoms with E-state index in [9.17, 15) is 0 Å². The monoisotopic (exact) mass is 706 g/mol. The third-order valence-electron chi connectivity index (χ3n) is 11.8. The van der Waals surface area contributed by atoms with Crippen LogP contribution < -0.4 is 9.80 Å². The average molecular weight is 707 g/mol. The van der Waals surface area contributed by atoms with Crippen molar-refractivity contribution in [2.24, 2.45) is 0 Å². The number of hydrogen-bond donors (Lipinski definition) is 0. The van der Waals surface area contributed by atoms with E-state index in [-0.39, 0.29) is 5.41 Å². The molecule has 8 aromatic rings. The number of benzene rings is 8. The first-order valence-corrected chi connectivity index (χ1v) is 19.5. The van der Waals surface area contributed by atoms with Crippen LogP contribution in [0.5, 0.6) is 0 Å². The van der Waals surface area contributed by atoms with E-state index < -0.39 is 0 Å². The quantitative estimate of drug-likeness (QED) is 0.155. The lowest BCUT2D eigenvalue weighted by molar-refractivity contribution is 0.508. The highest BCUT2D eigenvalue weighted by Crippen LogP contribution is 2.59. The molecule has 10 rings (SSSR count). The van der Waals surface area contributed by atoms with Crippen LogP contribution in [0.25, 0.3) is 22.3 Å². The van der Waals surface area contributed by atoms with Crippen molar-refractivity contribution in [2.45, 2.75) is 31.1 Å². The van der Waals surface area contributed by atoms with E-state index in [1.165, 1.54) is 67.3 Å².